The van der Waals surface area contributed by atoms with Crippen LogP contribution in [0.5, 0.6) is 5.75 Å². The molecule has 0 aromatic heterocycles. The normalized spacial score (nSPS) is 13.8. The van der Waals surface area contributed by atoms with Crippen molar-refractivity contribution >= 4 is 23.2 Å². The van der Waals surface area contributed by atoms with Crippen LogP contribution >= 0.6 is 11.6 Å². The number of rotatable bonds is 6. The summed E-state index contributed by atoms with van der Waals surface area (Å²) < 4.78 is 20.4. The van der Waals surface area contributed by atoms with Gasteiger partial charge in [0.15, 0.2) is 0 Å². The van der Waals surface area contributed by atoms with E-state index in [0.29, 0.717) is 22.8 Å². The number of anilines is 1. The molecule has 0 atom stereocenters. The zero-order chi connectivity index (χ0) is 22.0. The molecule has 3 aromatic carbocycles. The second-order valence-corrected chi connectivity index (χ2v) is 8.56. The minimum atomic E-state index is -0.262. The number of amides is 1. The topological polar surface area (TPSA) is 29.5 Å². The fraction of sp³-hybridized carbons (Fsp3) is 0.269. The zero-order valence-electron chi connectivity index (χ0n) is 17.7. The second-order valence-electron chi connectivity index (χ2n) is 8.12. The maximum Gasteiger partial charge on any atom is 0.227 e. The lowest BCUT2D eigenvalue weighted by Gasteiger charge is -2.19. The average molecular weight is 438 g/mol. The highest BCUT2D eigenvalue weighted by atomic mass is 35.5. The van der Waals surface area contributed by atoms with Gasteiger partial charge in [0.25, 0.3) is 0 Å². The molecule has 4 rings (SSSR count). The lowest BCUT2D eigenvalue weighted by Crippen LogP contribution is -2.23. The van der Waals surface area contributed by atoms with Gasteiger partial charge >= 0.3 is 0 Å². The van der Waals surface area contributed by atoms with Gasteiger partial charge in [-0.25, -0.2) is 4.39 Å². The third-order valence-electron chi connectivity index (χ3n) is 5.62. The minimum absolute atomic E-state index is 0.111. The molecule has 3 aromatic rings. The Morgan fingerprint density at radius 1 is 1.06 bits per heavy atom. The summed E-state index contributed by atoms with van der Waals surface area (Å²) in [6, 6.07) is 18.6. The summed E-state index contributed by atoms with van der Waals surface area (Å²) in [7, 11) is 0. The Morgan fingerprint density at radius 3 is 2.48 bits per heavy atom. The predicted octanol–water partition coefficient (Wildman–Crippen LogP) is 6.98. The van der Waals surface area contributed by atoms with Crippen molar-refractivity contribution in [3.63, 3.8) is 0 Å². The van der Waals surface area contributed by atoms with E-state index < -0.39 is 0 Å². The molecule has 0 unspecified atom stereocenters. The first-order chi connectivity index (χ1) is 14.9. The van der Waals surface area contributed by atoms with Crippen molar-refractivity contribution in [2.45, 2.75) is 39.2 Å². The first-order valence-electron chi connectivity index (χ1n) is 10.5. The van der Waals surface area contributed by atoms with E-state index in [1.165, 1.54) is 6.07 Å². The van der Waals surface area contributed by atoms with E-state index in [4.69, 9.17) is 16.3 Å². The van der Waals surface area contributed by atoms with Crippen LogP contribution in [0.2, 0.25) is 5.02 Å². The van der Waals surface area contributed by atoms with Crippen LogP contribution in [0.3, 0.4) is 0 Å². The Balaban J connectivity index is 1.65. The average Bonchev–Trinajstić information content (AvgIpc) is 3.18. The number of hydrogen-bond acceptors (Lipinski definition) is 2. The summed E-state index contributed by atoms with van der Waals surface area (Å²) >= 11 is 6.05. The van der Waals surface area contributed by atoms with Crippen LogP contribution in [-0.4, -0.2) is 12.5 Å². The summed E-state index contributed by atoms with van der Waals surface area (Å²) in [5, 5.41) is 0.668. The Bertz CT molecular complexity index is 1100. The number of carbonyl (C=O) groups is 1. The zero-order valence-corrected chi connectivity index (χ0v) is 18.5. The highest BCUT2D eigenvalue weighted by Crippen LogP contribution is 2.32. The van der Waals surface area contributed by atoms with Gasteiger partial charge in [-0.1, -0.05) is 49.7 Å². The highest BCUT2D eigenvalue weighted by molar-refractivity contribution is 6.30. The van der Waals surface area contributed by atoms with Gasteiger partial charge < -0.3 is 9.64 Å². The summed E-state index contributed by atoms with van der Waals surface area (Å²) in [5.74, 6) is 0.464. The van der Waals surface area contributed by atoms with Crippen molar-refractivity contribution in [2.75, 3.05) is 11.4 Å². The quantitative estimate of drug-likeness (QED) is 0.416. The maximum atomic E-state index is 14.4. The monoisotopic (exact) mass is 437 g/mol. The lowest BCUT2D eigenvalue weighted by molar-refractivity contribution is -0.117. The third-order valence-corrected chi connectivity index (χ3v) is 5.87. The van der Waals surface area contributed by atoms with Crippen molar-refractivity contribution in [3.05, 3.63) is 82.6 Å². The first-order valence-corrected chi connectivity index (χ1v) is 10.9. The SMILES string of the molecule is CC(C)c1ccc(OCc2cc(N3CCCC3=O)ccc2-c2ccc(Cl)cc2)cc1F. The number of hydrogen-bond donors (Lipinski definition) is 0. The molecular weight excluding hydrogens is 413 g/mol. The van der Waals surface area contributed by atoms with E-state index >= 15 is 0 Å². The van der Waals surface area contributed by atoms with Gasteiger partial charge in [-0.3, -0.25) is 4.79 Å². The number of carbonyl (C=O) groups excluding carboxylic acids is 1. The van der Waals surface area contributed by atoms with Gasteiger partial charge in [0.05, 0.1) is 0 Å². The van der Waals surface area contributed by atoms with Crippen LogP contribution in [0.15, 0.2) is 60.7 Å². The van der Waals surface area contributed by atoms with Crippen molar-refractivity contribution in [1.29, 1.82) is 0 Å². The number of nitrogens with zero attached hydrogens (tertiary/aromatic N) is 1. The van der Waals surface area contributed by atoms with Crippen LogP contribution in [0, 0.1) is 5.82 Å². The fourth-order valence-electron chi connectivity index (χ4n) is 3.93. The van der Waals surface area contributed by atoms with Crippen molar-refractivity contribution in [1.82, 2.24) is 0 Å². The van der Waals surface area contributed by atoms with E-state index in [9.17, 15) is 9.18 Å². The highest BCUT2D eigenvalue weighted by Gasteiger charge is 2.22. The molecule has 1 aliphatic heterocycles. The Hall–Kier alpha value is -2.85. The molecule has 1 aliphatic rings. The summed E-state index contributed by atoms with van der Waals surface area (Å²) in [6.45, 7) is 4.90. The second kappa shape index (κ2) is 9.11. The molecule has 1 amide bonds. The first kappa shape index (κ1) is 21.4. The van der Waals surface area contributed by atoms with Crippen molar-refractivity contribution < 1.29 is 13.9 Å². The van der Waals surface area contributed by atoms with Gasteiger partial charge in [-0.05, 0) is 64.9 Å². The van der Waals surface area contributed by atoms with Crippen LogP contribution in [0.4, 0.5) is 10.1 Å². The van der Waals surface area contributed by atoms with Gasteiger partial charge in [0, 0.05) is 29.7 Å². The molecule has 1 heterocycles. The fourth-order valence-corrected chi connectivity index (χ4v) is 4.05. The molecule has 1 fully saturated rings. The Morgan fingerprint density at radius 2 is 1.84 bits per heavy atom. The molecule has 0 radical (unpaired) electrons. The lowest BCUT2D eigenvalue weighted by atomic mass is 9.99. The van der Waals surface area contributed by atoms with Gasteiger partial charge in [0.1, 0.15) is 18.2 Å². The molecular formula is C26H25ClFNO2. The van der Waals surface area contributed by atoms with Crippen molar-refractivity contribution in [3.8, 4) is 16.9 Å². The summed E-state index contributed by atoms with van der Waals surface area (Å²) in [4.78, 5) is 14.0. The molecule has 0 aliphatic carbocycles. The van der Waals surface area contributed by atoms with Gasteiger partial charge in [0.2, 0.25) is 5.91 Å². The van der Waals surface area contributed by atoms with E-state index in [2.05, 4.69) is 0 Å². The van der Waals surface area contributed by atoms with Crippen LogP contribution in [0.25, 0.3) is 11.1 Å². The van der Waals surface area contributed by atoms with E-state index in [1.54, 1.807) is 12.1 Å². The maximum absolute atomic E-state index is 14.4. The molecule has 0 N–H and O–H groups in total. The van der Waals surface area contributed by atoms with Crippen LogP contribution < -0.4 is 9.64 Å². The van der Waals surface area contributed by atoms with E-state index in [0.717, 1.165) is 35.3 Å². The standard InChI is InChI=1S/C26H25ClFNO2/c1-17(2)23-12-10-22(15-25(23)28)31-16-19-14-21(29-13-3-4-26(29)30)9-11-24(19)18-5-7-20(27)8-6-18/h5-12,14-15,17H,3-4,13,16H2,1-2H3. The van der Waals surface area contributed by atoms with E-state index in [1.807, 2.05) is 61.2 Å². The van der Waals surface area contributed by atoms with Crippen LogP contribution in [0.1, 0.15) is 43.7 Å². The smallest absolute Gasteiger partial charge is 0.227 e. The third kappa shape index (κ3) is 4.75. The number of benzene rings is 3. The number of ether oxygens (including phenoxy) is 1. The number of halogens is 2. The molecule has 5 heteroatoms. The molecule has 0 saturated carbocycles. The van der Waals surface area contributed by atoms with Crippen LogP contribution in [-0.2, 0) is 11.4 Å². The molecule has 0 bridgehead atoms. The molecule has 0 spiro atoms. The largest absolute Gasteiger partial charge is 0.489 e. The molecule has 1 saturated heterocycles. The minimum Gasteiger partial charge on any atom is -0.489 e. The molecule has 31 heavy (non-hydrogen) atoms. The van der Waals surface area contributed by atoms with Crippen molar-refractivity contribution in [2.24, 2.45) is 0 Å². The summed E-state index contributed by atoms with van der Waals surface area (Å²) in [5.41, 5.74) is 4.45. The van der Waals surface area contributed by atoms with E-state index in [-0.39, 0.29) is 24.2 Å². The predicted molar refractivity (Wildman–Crippen MR) is 123 cm³/mol. The molecule has 3 nitrogen and oxygen atoms in total. The molecule has 160 valence electrons. The summed E-state index contributed by atoms with van der Waals surface area (Å²) in [6.07, 6.45) is 1.44. The van der Waals surface area contributed by atoms with Gasteiger partial charge in [-0.15, -0.1) is 0 Å². The van der Waals surface area contributed by atoms with Gasteiger partial charge in [-0.2, -0.15) is 0 Å². The Labute approximate surface area is 187 Å². The Kier molecular flexibility index (Phi) is 6.28.